The Morgan fingerprint density at radius 2 is 1.61 bits per heavy atom. The van der Waals surface area contributed by atoms with E-state index in [0.717, 1.165) is 16.9 Å². The minimum absolute atomic E-state index is 0.122. The number of nitriles is 2. The minimum Gasteiger partial charge on any atom is -0.302 e. The molecule has 0 saturated carbocycles. The molecule has 0 radical (unpaired) electrons. The van der Waals surface area contributed by atoms with E-state index in [0.29, 0.717) is 5.03 Å². The summed E-state index contributed by atoms with van der Waals surface area (Å²) in [4.78, 5) is 1.97. The van der Waals surface area contributed by atoms with Crippen molar-refractivity contribution in [1.29, 1.82) is 10.5 Å². The largest absolute Gasteiger partial charge is 0.302 e. The van der Waals surface area contributed by atoms with Crippen molar-refractivity contribution in [1.82, 2.24) is 0 Å². The van der Waals surface area contributed by atoms with Crippen LogP contribution >= 0.6 is 11.8 Å². The Hall–Kier alpha value is -2.95. The van der Waals surface area contributed by atoms with Crippen molar-refractivity contribution in [3.63, 3.8) is 0 Å². The number of anilines is 1. The highest BCUT2D eigenvalue weighted by Gasteiger charge is 2.27. The normalized spacial score (nSPS) is 13.3. The van der Waals surface area contributed by atoms with E-state index in [2.05, 4.69) is 24.3 Å². The number of thioether (sulfide) groups is 1. The molecule has 1 heterocycles. The fourth-order valence-electron chi connectivity index (χ4n) is 2.37. The molecule has 0 bridgehead atoms. The zero-order valence-electron chi connectivity index (χ0n) is 12.5. The molecule has 3 nitrogen and oxygen atoms in total. The van der Waals surface area contributed by atoms with Crippen LogP contribution in [0.1, 0.15) is 11.1 Å². The minimum atomic E-state index is 0.122. The standard InChI is InChI=1S/C19H13N3S/c1-14-7-9-15(10-8-14)18-13-23-19(16(11-20)12-21)22(18)17-5-3-2-4-6-17/h2-10,13H,1H3. The Balaban J connectivity index is 2.14. The molecule has 2 aromatic rings. The second-order valence-corrected chi connectivity index (χ2v) is 5.92. The van der Waals surface area contributed by atoms with E-state index in [1.54, 1.807) is 0 Å². The number of para-hydroxylation sites is 1. The first-order chi connectivity index (χ1) is 11.2. The molecule has 3 rings (SSSR count). The Morgan fingerprint density at radius 3 is 2.22 bits per heavy atom. The van der Waals surface area contributed by atoms with Gasteiger partial charge >= 0.3 is 0 Å². The highest BCUT2D eigenvalue weighted by atomic mass is 32.2. The van der Waals surface area contributed by atoms with Crippen molar-refractivity contribution < 1.29 is 0 Å². The van der Waals surface area contributed by atoms with E-state index in [-0.39, 0.29) is 5.57 Å². The van der Waals surface area contributed by atoms with Crippen molar-refractivity contribution in [2.24, 2.45) is 0 Å². The van der Waals surface area contributed by atoms with Gasteiger partial charge in [-0.1, -0.05) is 59.8 Å². The zero-order chi connectivity index (χ0) is 16.2. The van der Waals surface area contributed by atoms with Gasteiger partial charge in [0, 0.05) is 11.1 Å². The molecular weight excluding hydrogens is 302 g/mol. The van der Waals surface area contributed by atoms with E-state index < -0.39 is 0 Å². The van der Waals surface area contributed by atoms with E-state index >= 15 is 0 Å². The number of hydrogen-bond acceptors (Lipinski definition) is 4. The molecule has 4 heteroatoms. The summed E-state index contributed by atoms with van der Waals surface area (Å²) in [6, 6.07) is 22.0. The van der Waals surface area contributed by atoms with Crippen LogP contribution in [0.25, 0.3) is 5.70 Å². The summed E-state index contributed by atoms with van der Waals surface area (Å²) in [5.41, 5.74) is 4.27. The van der Waals surface area contributed by atoms with Gasteiger partial charge in [-0.3, -0.25) is 0 Å². The summed E-state index contributed by atoms with van der Waals surface area (Å²) in [7, 11) is 0. The lowest BCUT2D eigenvalue weighted by atomic mass is 10.1. The predicted molar refractivity (Wildman–Crippen MR) is 93.9 cm³/mol. The maximum absolute atomic E-state index is 9.25. The third-order valence-electron chi connectivity index (χ3n) is 3.53. The van der Waals surface area contributed by atoms with Gasteiger partial charge in [-0.15, -0.1) is 0 Å². The maximum Gasteiger partial charge on any atom is 0.160 e. The number of hydrogen-bond donors (Lipinski definition) is 0. The molecule has 23 heavy (non-hydrogen) atoms. The number of aryl methyl sites for hydroxylation is 1. The van der Waals surface area contributed by atoms with Crippen molar-refractivity contribution >= 4 is 23.1 Å². The van der Waals surface area contributed by atoms with Crippen molar-refractivity contribution in [3.8, 4) is 12.1 Å². The molecular formula is C19H13N3S. The first-order valence-electron chi connectivity index (χ1n) is 7.08. The second kappa shape index (κ2) is 6.44. The van der Waals surface area contributed by atoms with Gasteiger partial charge in [0.15, 0.2) is 5.57 Å². The van der Waals surface area contributed by atoms with Crippen LogP contribution in [0.5, 0.6) is 0 Å². The third-order valence-corrected chi connectivity index (χ3v) is 4.48. The molecule has 0 N–H and O–H groups in total. The van der Waals surface area contributed by atoms with Crippen LogP contribution in [0.15, 0.2) is 70.6 Å². The third kappa shape index (κ3) is 2.85. The SMILES string of the molecule is Cc1ccc(C2=CSC(=C(C#N)C#N)N2c2ccccc2)cc1. The summed E-state index contributed by atoms with van der Waals surface area (Å²) in [5, 5.41) is 21.1. The van der Waals surface area contributed by atoms with Crippen molar-refractivity contribution in [2.75, 3.05) is 4.90 Å². The van der Waals surface area contributed by atoms with E-state index in [1.807, 2.05) is 59.7 Å². The summed E-state index contributed by atoms with van der Waals surface area (Å²) < 4.78 is 0. The Labute approximate surface area is 139 Å². The number of rotatable bonds is 2. The van der Waals surface area contributed by atoms with Crippen molar-refractivity contribution in [2.45, 2.75) is 6.92 Å². The monoisotopic (exact) mass is 315 g/mol. The van der Waals surface area contributed by atoms with E-state index in [4.69, 9.17) is 0 Å². The smallest absolute Gasteiger partial charge is 0.160 e. The number of benzene rings is 2. The van der Waals surface area contributed by atoms with Gasteiger partial charge < -0.3 is 4.90 Å². The topological polar surface area (TPSA) is 50.8 Å². The highest BCUT2D eigenvalue weighted by Crippen LogP contribution is 2.44. The van der Waals surface area contributed by atoms with Gasteiger partial charge in [0.25, 0.3) is 0 Å². The summed E-state index contributed by atoms with van der Waals surface area (Å²) in [5.74, 6) is 0. The Kier molecular flexibility index (Phi) is 4.19. The van der Waals surface area contributed by atoms with Crippen LogP contribution in [-0.2, 0) is 0 Å². The summed E-state index contributed by atoms with van der Waals surface area (Å²) in [6.07, 6.45) is 0. The molecule has 1 aliphatic rings. The molecule has 2 aromatic carbocycles. The van der Waals surface area contributed by atoms with Crippen LogP contribution in [0, 0.1) is 29.6 Å². The number of nitrogens with zero attached hydrogens (tertiary/aromatic N) is 3. The summed E-state index contributed by atoms with van der Waals surface area (Å²) >= 11 is 1.41. The first-order valence-corrected chi connectivity index (χ1v) is 7.96. The van der Waals surface area contributed by atoms with Crippen molar-refractivity contribution in [3.05, 3.63) is 81.7 Å². The lowest BCUT2D eigenvalue weighted by Gasteiger charge is -2.24. The van der Waals surface area contributed by atoms with Gasteiger partial charge in [0.05, 0.1) is 5.70 Å². The van der Waals surface area contributed by atoms with Gasteiger partial charge in [-0.2, -0.15) is 10.5 Å². The van der Waals surface area contributed by atoms with Crippen LogP contribution in [0.2, 0.25) is 0 Å². The fraction of sp³-hybridized carbons (Fsp3) is 0.0526. The molecule has 110 valence electrons. The molecule has 0 aromatic heterocycles. The molecule has 0 spiro atoms. The lowest BCUT2D eigenvalue weighted by molar-refractivity contribution is 1.26. The van der Waals surface area contributed by atoms with E-state index in [1.165, 1.54) is 17.3 Å². The average molecular weight is 315 g/mol. The zero-order valence-corrected chi connectivity index (χ0v) is 13.3. The fourth-order valence-corrected chi connectivity index (χ4v) is 3.36. The highest BCUT2D eigenvalue weighted by molar-refractivity contribution is 8.06. The Bertz CT molecular complexity index is 850. The second-order valence-electron chi connectivity index (χ2n) is 5.06. The Morgan fingerprint density at radius 1 is 0.957 bits per heavy atom. The van der Waals surface area contributed by atoms with Crippen LogP contribution in [0.3, 0.4) is 0 Å². The molecule has 1 aliphatic heterocycles. The molecule has 0 fully saturated rings. The molecule has 0 unspecified atom stereocenters. The van der Waals surface area contributed by atoms with Gasteiger partial charge in [-0.25, -0.2) is 0 Å². The average Bonchev–Trinajstić information content (AvgIpc) is 3.02. The number of allylic oxidation sites excluding steroid dienone is 1. The molecule has 0 amide bonds. The molecule has 0 atom stereocenters. The molecule has 0 saturated heterocycles. The van der Waals surface area contributed by atoms with E-state index in [9.17, 15) is 10.5 Å². The predicted octanol–water partition coefficient (Wildman–Crippen LogP) is 4.81. The van der Waals surface area contributed by atoms with Crippen LogP contribution in [0.4, 0.5) is 5.69 Å². The van der Waals surface area contributed by atoms with Gasteiger partial charge in [0.1, 0.15) is 17.2 Å². The lowest BCUT2D eigenvalue weighted by Crippen LogP contribution is -2.16. The van der Waals surface area contributed by atoms with Gasteiger partial charge in [0.2, 0.25) is 0 Å². The first kappa shape index (κ1) is 15.0. The van der Waals surface area contributed by atoms with Crippen LogP contribution in [-0.4, -0.2) is 0 Å². The van der Waals surface area contributed by atoms with Gasteiger partial charge in [-0.05, 0) is 24.6 Å². The maximum atomic E-state index is 9.25. The summed E-state index contributed by atoms with van der Waals surface area (Å²) in [6.45, 7) is 2.05. The quantitative estimate of drug-likeness (QED) is 0.747. The molecule has 0 aliphatic carbocycles. The van der Waals surface area contributed by atoms with Crippen LogP contribution < -0.4 is 4.90 Å².